The molecular weight excluding hydrogens is 260 g/mol. The van der Waals surface area contributed by atoms with Gasteiger partial charge in [-0.15, -0.1) is 0 Å². The van der Waals surface area contributed by atoms with Crippen molar-refractivity contribution in [3.05, 3.63) is 0 Å². The van der Waals surface area contributed by atoms with Crippen molar-refractivity contribution in [2.45, 2.75) is 19.4 Å². The molecule has 2 N–H and O–H groups in total. The van der Waals surface area contributed by atoms with E-state index in [4.69, 9.17) is 9.84 Å². The van der Waals surface area contributed by atoms with Crippen LogP contribution in [0.5, 0.6) is 0 Å². The van der Waals surface area contributed by atoms with Crippen LogP contribution in [-0.4, -0.2) is 69.0 Å². The molecule has 106 valence electrons. The molecule has 0 radical (unpaired) electrons. The van der Waals surface area contributed by atoms with Crippen molar-refractivity contribution in [1.29, 1.82) is 0 Å². The minimum atomic E-state index is -3.52. The molecule has 0 aliphatic carbocycles. The molecule has 1 heterocycles. The molecule has 0 aromatic carbocycles. The van der Waals surface area contributed by atoms with Gasteiger partial charge >= 0.3 is 5.97 Å². The van der Waals surface area contributed by atoms with Crippen molar-refractivity contribution in [3.8, 4) is 0 Å². The van der Waals surface area contributed by atoms with Gasteiger partial charge in [0.2, 0.25) is 10.0 Å². The van der Waals surface area contributed by atoms with Crippen LogP contribution in [0.1, 0.15) is 13.3 Å². The van der Waals surface area contributed by atoms with Crippen LogP contribution < -0.4 is 4.72 Å². The topological polar surface area (TPSA) is 95.9 Å². The quantitative estimate of drug-likeness (QED) is 0.627. The molecule has 0 spiro atoms. The van der Waals surface area contributed by atoms with Crippen molar-refractivity contribution in [1.82, 2.24) is 9.62 Å². The SMILES string of the molecule is CC(CN1CCOCC1)NS(=O)(=O)CCC(=O)O. The van der Waals surface area contributed by atoms with Gasteiger partial charge in [-0.2, -0.15) is 0 Å². The lowest BCUT2D eigenvalue weighted by Crippen LogP contribution is -2.46. The first-order chi connectivity index (χ1) is 8.39. The van der Waals surface area contributed by atoms with Gasteiger partial charge in [0.1, 0.15) is 0 Å². The highest BCUT2D eigenvalue weighted by molar-refractivity contribution is 7.89. The number of sulfonamides is 1. The standard InChI is InChI=1S/C10H20N2O5S/c1-9(8-12-3-5-17-6-4-12)11-18(15,16)7-2-10(13)14/h9,11H,2-8H2,1H3,(H,13,14). The molecule has 7 nitrogen and oxygen atoms in total. The number of carboxylic acid groups (broad SMARTS) is 1. The lowest BCUT2D eigenvalue weighted by Gasteiger charge is -2.29. The summed E-state index contributed by atoms with van der Waals surface area (Å²) in [5, 5.41) is 8.46. The van der Waals surface area contributed by atoms with Crippen LogP contribution in [0.3, 0.4) is 0 Å². The molecule has 1 rings (SSSR count). The molecule has 1 atom stereocenters. The fourth-order valence-corrected chi connectivity index (χ4v) is 3.04. The molecule has 1 aliphatic heterocycles. The second-order valence-corrected chi connectivity index (χ2v) is 6.27. The van der Waals surface area contributed by atoms with E-state index in [1.54, 1.807) is 6.92 Å². The van der Waals surface area contributed by atoms with Gasteiger partial charge in [0.15, 0.2) is 0 Å². The van der Waals surface area contributed by atoms with Crippen LogP contribution in [-0.2, 0) is 19.6 Å². The number of aliphatic carboxylic acids is 1. The van der Waals surface area contributed by atoms with Gasteiger partial charge < -0.3 is 9.84 Å². The highest BCUT2D eigenvalue weighted by Gasteiger charge is 2.19. The molecule has 0 amide bonds. The fourth-order valence-electron chi connectivity index (χ4n) is 1.80. The molecule has 1 unspecified atom stereocenters. The van der Waals surface area contributed by atoms with Crippen molar-refractivity contribution in [3.63, 3.8) is 0 Å². The number of carbonyl (C=O) groups is 1. The summed E-state index contributed by atoms with van der Waals surface area (Å²) in [6.07, 6.45) is -0.375. The highest BCUT2D eigenvalue weighted by atomic mass is 32.2. The first-order valence-electron chi connectivity index (χ1n) is 5.91. The maximum absolute atomic E-state index is 11.6. The Kier molecular flexibility index (Phi) is 6.00. The third-order valence-electron chi connectivity index (χ3n) is 2.60. The van der Waals surface area contributed by atoms with E-state index in [-0.39, 0.29) is 18.2 Å². The highest BCUT2D eigenvalue weighted by Crippen LogP contribution is 2.00. The Morgan fingerprint density at radius 1 is 1.44 bits per heavy atom. The summed E-state index contributed by atoms with van der Waals surface area (Å²) in [6.45, 7) is 5.29. The summed E-state index contributed by atoms with van der Waals surface area (Å²) in [5.41, 5.74) is 0. The maximum atomic E-state index is 11.6. The lowest BCUT2D eigenvalue weighted by molar-refractivity contribution is -0.136. The number of hydrogen-bond donors (Lipinski definition) is 2. The summed E-state index contributed by atoms with van der Waals surface area (Å²) in [7, 11) is -3.52. The number of ether oxygens (including phenoxy) is 1. The Morgan fingerprint density at radius 3 is 2.61 bits per heavy atom. The molecule has 0 bridgehead atoms. The van der Waals surface area contributed by atoms with Gasteiger partial charge in [-0.3, -0.25) is 9.69 Å². The number of morpholine rings is 1. The zero-order valence-electron chi connectivity index (χ0n) is 10.5. The summed E-state index contributed by atoms with van der Waals surface area (Å²) >= 11 is 0. The minimum Gasteiger partial charge on any atom is -0.481 e. The van der Waals surface area contributed by atoms with Crippen LogP contribution in [0.4, 0.5) is 0 Å². The van der Waals surface area contributed by atoms with Gasteiger partial charge in [-0.05, 0) is 6.92 Å². The Morgan fingerprint density at radius 2 is 2.06 bits per heavy atom. The first-order valence-corrected chi connectivity index (χ1v) is 7.56. The minimum absolute atomic E-state index is 0.234. The molecule has 1 saturated heterocycles. The van der Waals surface area contributed by atoms with E-state index in [9.17, 15) is 13.2 Å². The van der Waals surface area contributed by atoms with E-state index in [0.29, 0.717) is 19.8 Å². The van der Waals surface area contributed by atoms with Gasteiger partial charge in [0.05, 0.1) is 25.4 Å². The van der Waals surface area contributed by atoms with E-state index in [2.05, 4.69) is 9.62 Å². The second kappa shape index (κ2) is 7.03. The van der Waals surface area contributed by atoms with Gasteiger partial charge in [-0.1, -0.05) is 0 Å². The third-order valence-corrected chi connectivity index (χ3v) is 4.10. The number of nitrogens with one attached hydrogen (secondary N) is 1. The number of hydrogen-bond acceptors (Lipinski definition) is 5. The van der Waals surface area contributed by atoms with Crippen LogP contribution in [0.2, 0.25) is 0 Å². The number of carboxylic acids is 1. The van der Waals surface area contributed by atoms with Crippen LogP contribution in [0.15, 0.2) is 0 Å². The van der Waals surface area contributed by atoms with E-state index in [1.165, 1.54) is 0 Å². The Labute approximate surface area is 107 Å². The smallest absolute Gasteiger partial charge is 0.304 e. The molecule has 18 heavy (non-hydrogen) atoms. The summed E-state index contributed by atoms with van der Waals surface area (Å²) in [5.74, 6) is -1.49. The summed E-state index contributed by atoms with van der Waals surface area (Å²) < 4.78 is 30.8. The van der Waals surface area contributed by atoms with Crippen LogP contribution in [0.25, 0.3) is 0 Å². The van der Waals surface area contributed by atoms with Crippen molar-refractivity contribution >= 4 is 16.0 Å². The fraction of sp³-hybridized carbons (Fsp3) is 0.900. The van der Waals surface area contributed by atoms with E-state index < -0.39 is 16.0 Å². The zero-order valence-corrected chi connectivity index (χ0v) is 11.3. The van der Waals surface area contributed by atoms with E-state index >= 15 is 0 Å². The molecule has 8 heteroatoms. The molecule has 0 aromatic heterocycles. The Hall–Kier alpha value is -0.700. The monoisotopic (exact) mass is 280 g/mol. The van der Waals surface area contributed by atoms with Gasteiger partial charge in [-0.25, -0.2) is 13.1 Å². The maximum Gasteiger partial charge on any atom is 0.304 e. The normalized spacial score (nSPS) is 19.6. The van der Waals surface area contributed by atoms with Crippen LogP contribution in [0, 0.1) is 0 Å². The molecule has 0 aromatic rings. The predicted molar refractivity (Wildman–Crippen MR) is 65.9 cm³/mol. The van der Waals surface area contributed by atoms with Crippen molar-refractivity contribution in [2.75, 3.05) is 38.6 Å². The summed E-state index contributed by atoms with van der Waals surface area (Å²) in [6, 6.07) is -0.234. The van der Waals surface area contributed by atoms with Crippen LogP contribution >= 0.6 is 0 Å². The Bertz CT molecular complexity index is 364. The molecular formula is C10H20N2O5S. The second-order valence-electron chi connectivity index (χ2n) is 4.39. The predicted octanol–water partition coefficient (Wildman–Crippen LogP) is -0.899. The average molecular weight is 280 g/mol. The molecule has 1 fully saturated rings. The summed E-state index contributed by atoms with van der Waals surface area (Å²) in [4.78, 5) is 12.5. The average Bonchev–Trinajstić information content (AvgIpc) is 2.27. The lowest BCUT2D eigenvalue weighted by atomic mass is 10.3. The zero-order chi connectivity index (χ0) is 13.6. The van der Waals surface area contributed by atoms with Crippen molar-refractivity contribution < 1.29 is 23.1 Å². The third kappa shape index (κ3) is 6.29. The van der Waals surface area contributed by atoms with Gasteiger partial charge in [0.25, 0.3) is 0 Å². The van der Waals surface area contributed by atoms with Crippen molar-refractivity contribution in [2.24, 2.45) is 0 Å². The van der Waals surface area contributed by atoms with E-state index in [1.807, 2.05) is 0 Å². The number of rotatable bonds is 7. The molecule has 0 saturated carbocycles. The van der Waals surface area contributed by atoms with E-state index in [0.717, 1.165) is 13.1 Å². The largest absolute Gasteiger partial charge is 0.481 e. The van der Waals surface area contributed by atoms with Gasteiger partial charge in [0, 0.05) is 25.7 Å². The molecule has 1 aliphatic rings. The Balaban J connectivity index is 2.33. The number of nitrogens with zero attached hydrogens (tertiary/aromatic N) is 1. The first kappa shape index (κ1) is 15.4.